The van der Waals surface area contributed by atoms with E-state index in [0.29, 0.717) is 6.29 Å². The summed E-state index contributed by atoms with van der Waals surface area (Å²) in [6.07, 6.45) is 0.00645. The minimum Gasteiger partial charge on any atom is -0.447 e. The number of amides is 1. The number of aldehydes is 1. The van der Waals surface area contributed by atoms with Gasteiger partial charge in [0.25, 0.3) is 0 Å². The number of nitrogens with one attached hydrogen (secondary N) is 1. The van der Waals surface area contributed by atoms with Crippen LogP contribution in [0.25, 0.3) is 0 Å². The fraction of sp³-hybridized carbons (Fsp3) is 0.778. The number of alkyl carbamates (subject to hydrolysis) is 1. The van der Waals surface area contributed by atoms with E-state index < -0.39 is 12.1 Å². The van der Waals surface area contributed by atoms with Crippen LogP contribution in [0.2, 0.25) is 0 Å². The summed E-state index contributed by atoms with van der Waals surface area (Å²) in [6, 6.07) is -0.466. The summed E-state index contributed by atoms with van der Waals surface area (Å²) in [5.41, 5.74) is 0. The van der Waals surface area contributed by atoms with Crippen LogP contribution in [0.3, 0.4) is 0 Å². The van der Waals surface area contributed by atoms with Crippen molar-refractivity contribution < 1.29 is 14.3 Å². The molecule has 0 bridgehead atoms. The summed E-state index contributed by atoms with van der Waals surface area (Å²) in [4.78, 5) is 21.5. The Kier molecular flexibility index (Phi) is 5.11. The number of carbonyl (C=O) groups excluding carboxylic acids is 2. The third-order valence-corrected chi connectivity index (χ3v) is 1.49. The highest BCUT2D eigenvalue weighted by Gasteiger charge is 2.16. The van der Waals surface area contributed by atoms with Gasteiger partial charge in [-0.05, 0) is 19.8 Å². The molecule has 1 amide bonds. The largest absolute Gasteiger partial charge is 0.447 e. The van der Waals surface area contributed by atoms with E-state index in [-0.39, 0.29) is 12.0 Å². The molecule has 0 fully saturated rings. The molecule has 4 heteroatoms. The van der Waals surface area contributed by atoms with Gasteiger partial charge in [-0.3, -0.25) is 0 Å². The van der Waals surface area contributed by atoms with Crippen molar-refractivity contribution in [2.45, 2.75) is 39.8 Å². The number of ether oxygens (including phenoxy) is 1. The van der Waals surface area contributed by atoms with E-state index in [4.69, 9.17) is 4.74 Å². The van der Waals surface area contributed by atoms with Gasteiger partial charge in [0.1, 0.15) is 6.29 Å². The zero-order valence-corrected chi connectivity index (χ0v) is 8.53. The van der Waals surface area contributed by atoms with Crippen molar-refractivity contribution in [2.75, 3.05) is 0 Å². The van der Waals surface area contributed by atoms with E-state index in [2.05, 4.69) is 5.32 Å². The first kappa shape index (κ1) is 11.9. The quantitative estimate of drug-likeness (QED) is 0.676. The fourth-order valence-electron chi connectivity index (χ4n) is 0.742. The molecule has 0 heterocycles. The normalized spacial score (nSPS) is 12.8. The molecule has 1 atom stereocenters. The molecule has 0 aliphatic heterocycles. The predicted molar refractivity (Wildman–Crippen MR) is 49.4 cm³/mol. The minimum atomic E-state index is -0.541. The first-order chi connectivity index (χ1) is 5.97. The van der Waals surface area contributed by atoms with Crippen molar-refractivity contribution in [2.24, 2.45) is 5.92 Å². The molecule has 0 aromatic heterocycles. The summed E-state index contributed by atoms with van der Waals surface area (Å²) in [7, 11) is 0. The number of hydrogen-bond donors (Lipinski definition) is 1. The Bertz CT molecular complexity index is 178. The van der Waals surface area contributed by atoms with Crippen molar-refractivity contribution in [3.8, 4) is 0 Å². The van der Waals surface area contributed by atoms with Crippen molar-refractivity contribution >= 4 is 12.4 Å². The molecule has 0 saturated carbocycles. The average molecular weight is 187 g/mol. The molecule has 4 nitrogen and oxygen atoms in total. The van der Waals surface area contributed by atoms with Gasteiger partial charge in [-0.2, -0.15) is 0 Å². The third kappa shape index (κ3) is 5.22. The summed E-state index contributed by atoms with van der Waals surface area (Å²) >= 11 is 0. The first-order valence-electron chi connectivity index (χ1n) is 4.39. The van der Waals surface area contributed by atoms with Crippen molar-refractivity contribution in [3.05, 3.63) is 0 Å². The second-order valence-electron chi connectivity index (χ2n) is 3.50. The van der Waals surface area contributed by atoms with Crippen LogP contribution in [0.1, 0.15) is 27.7 Å². The molecule has 0 aromatic rings. The van der Waals surface area contributed by atoms with Gasteiger partial charge in [0.15, 0.2) is 0 Å². The SMILES string of the molecule is CC(C)OC(=O)N[C@H](C=O)C(C)C. The standard InChI is InChI=1S/C9H17NO3/c1-6(2)8(5-11)10-9(12)13-7(3)4/h5-8H,1-4H3,(H,10,12)/t8-/m1/s1. The molecular weight excluding hydrogens is 170 g/mol. The molecule has 0 unspecified atom stereocenters. The minimum absolute atomic E-state index is 0.0808. The van der Waals surface area contributed by atoms with E-state index in [1.807, 2.05) is 13.8 Å². The average Bonchev–Trinajstić information content (AvgIpc) is 1.98. The van der Waals surface area contributed by atoms with Gasteiger partial charge in [-0.25, -0.2) is 4.79 Å². The summed E-state index contributed by atoms with van der Waals surface area (Å²) < 4.78 is 4.82. The Morgan fingerprint density at radius 3 is 2.15 bits per heavy atom. The summed E-state index contributed by atoms with van der Waals surface area (Å²) in [5, 5.41) is 2.47. The van der Waals surface area contributed by atoms with E-state index >= 15 is 0 Å². The van der Waals surface area contributed by atoms with Gasteiger partial charge in [-0.1, -0.05) is 13.8 Å². The molecule has 0 aliphatic carbocycles. The van der Waals surface area contributed by atoms with Gasteiger partial charge in [0, 0.05) is 0 Å². The molecule has 0 radical (unpaired) electrons. The Morgan fingerprint density at radius 2 is 1.85 bits per heavy atom. The highest BCUT2D eigenvalue weighted by Crippen LogP contribution is 1.99. The lowest BCUT2D eigenvalue weighted by atomic mass is 10.1. The molecule has 0 rings (SSSR count). The molecule has 76 valence electrons. The van der Waals surface area contributed by atoms with E-state index in [0.717, 1.165) is 0 Å². The predicted octanol–water partition coefficient (Wildman–Crippen LogP) is 1.34. The zero-order valence-electron chi connectivity index (χ0n) is 8.53. The van der Waals surface area contributed by atoms with Gasteiger partial charge >= 0.3 is 6.09 Å². The van der Waals surface area contributed by atoms with Gasteiger partial charge in [0.05, 0.1) is 12.1 Å². The van der Waals surface area contributed by atoms with Gasteiger partial charge in [-0.15, -0.1) is 0 Å². The molecule has 0 aliphatic rings. The van der Waals surface area contributed by atoms with E-state index in [1.165, 1.54) is 0 Å². The van der Waals surface area contributed by atoms with Gasteiger partial charge < -0.3 is 14.8 Å². The molecule has 0 aromatic carbocycles. The van der Waals surface area contributed by atoms with Crippen LogP contribution < -0.4 is 5.32 Å². The van der Waals surface area contributed by atoms with Crippen molar-refractivity contribution in [1.29, 1.82) is 0 Å². The van der Waals surface area contributed by atoms with Gasteiger partial charge in [0.2, 0.25) is 0 Å². The first-order valence-corrected chi connectivity index (χ1v) is 4.39. The lowest BCUT2D eigenvalue weighted by molar-refractivity contribution is -0.110. The second-order valence-corrected chi connectivity index (χ2v) is 3.50. The van der Waals surface area contributed by atoms with Crippen LogP contribution >= 0.6 is 0 Å². The molecular formula is C9H17NO3. The zero-order chi connectivity index (χ0) is 10.4. The third-order valence-electron chi connectivity index (χ3n) is 1.49. The highest BCUT2D eigenvalue weighted by molar-refractivity contribution is 5.73. The van der Waals surface area contributed by atoms with Crippen molar-refractivity contribution in [3.63, 3.8) is 0 Å². The Hall–Kier alpha value is -1.06. The van der Waals surface area contributed by atoms with Crippen LogP contribution in [-0.4, -0.2) is 24.5 Å². The van der Waals surface area contributed by atoms with Crippen LogP contribution in [0.15, 0.2) is 0 Å². The topological polar surface area (TPSA) is 55.4 Å². The number of hydrogen-bond acceptors (Lipinski definition) is 3. The Labute approximate surface area is 78.6 Å². The molecule has 1 N–H and O–H groups in total. The maximum absolute atomic E-state index is 11.0. The van der Waals surface area contributed by atoms with Crippen molar-refractivity contribution in [1.82, 2.24) is 5.32 Å². The summed E-state index contributed by atoms with van der Waals surface area (Å²) in [6.45, 7) is 7.22. The van der Waals surface area contributed by atoms with Crippen LogP contribution in [0.5, 0.6) is 0 Å². The highest BCUT2D eigenvalue weighted by atomic mass is 16.6. The maximum Gasteiger partial charge on any atom is 0.407 e. The lowest BCUT2D eigenvalue weighted by Crippen LogP contribution is -2.40. The van der Waals surface area contributed by atoms with Crippen LogP contribution in [0.4, 0.5) is 4.79 Å². The fourth-order valence-corrected chi connectivity index (χ4v) is 0.742. The van der Waals surface area contributed by atoms with E-state index in [1.54, 1.807) is 13.8 Å². The Morgan fingerprint density at radius 1 is 1.31 bits per heavy atom. The smallest absolute Gasteiger partial charge is 0.407 e. The summed E-state index contributed by atoms with van der Waals surface area (Å²) in [5.74, 6) is 0.0808. The molecule has 13 heavy (non-hydrogen) atoms. The van der Waals surface area contributed by atoms with E-state index in [9.17, 15) is 9.59 Å². The number of rotatable bonds is 4. The monoisotopic (exact) mass is 187 g/mol. The lowest BCUT2D eigenvalue weighted by Gasteiger charge is -2.17. The number of carbonyl (C=O) groups is 2. The Balaban J connectivity index is 3.94. The molecule has 0 saturated heterocycles. The maximum atomic E-state index is 11.0. The molecule has 0 spiro atoms. The second kappa shape index (κ2) is 5.56. The van der Waals surface area contributed by atoms with Crippen LogP contribution in [0, 0.1) is 5.92 Å². The van der Waals surface area contributed by atoms with Crippen LogP contribution in [-0.2, 0) is 9.53 Å².